The maximum atomic E-state index is 12.1. The van der Waals surface area contributed by atoms with Crippen molar-refractivity contribution in [2.24, 2.45) is 0 Å². The van der Waals surface area contributed by atoms with Gasteiger partial charge in [-0.1, -0.05) is 23.7 Å². The van der Waals surface area contributed by atoms with Gasteiger partial charge in [0, 0.05) is 5.56 Å². The van der Waals surface area contributed by atoms with Crippen LogP contribution in [0.1, 0.15) is 5.56 Å². The first-order valence-corrected chi connectivity index (χ1v) is 7.45. The van der Waals surface area contributed by atoms with Crippen LogP contribution < -0.4 is 15.0 Å². The van der Waals surface area contributed by atoms with E-state index in [9.17, 15) is 4.79 Å². The number of halogens is 1. The van der Waals surface area contributed by atoms with E-state index in [-0.39, 0.29) is 5.91 Å². The average molecular weight is 320 g/mol. The van der Waals surface area contributed by atoms with Crippen molar-refractivity contribution >= 4 is 23.2 Å². The van der Waals surface area contributed by atoms with E-state index in [2.05, 4.69) is 5.32 Å². The van der Waals surface area contributed by atoms with Gasteiger partial charge in [-0.15, -0.1) is 0 Å². The Balaban J connectivity index is 1.87. The normalized spacial score (nSPS) is 11.8. The first-order chi connectivity index (χ1) is 10.6. The number of hydrogen-bond acceptors (Lipinski definition) is 2. The molecule has 0 radical (unpaired) electrons. The van der Waals surface area contributed by atoms with Crippen molar-refractivity contribution in [2.75, 3.05) is 26.0 Å². The predicted molar refractivity (Wildman–Crippen MR) is 88.5 cm³/mol. The molecule has 1 atom stereocenters. The number of benzene rings is 2. The number of rotatable bonds is 6. The summed E-state index contributed by atoms with van der Waals surface area (Å²) < 4.78 is 5.13. The molecule has 4 nitrogen and oxygen atoms in total. The topological polar surface area (TPSA) is 42.8 Å². The molecule has 0 fully saturated rings. The highest BCUT2D eigenvalue weighted by Gasteiger charge is 2.12. The Morgan fingerprint density at radius 3 is 2.50 bits per heavy atom. The highest BCUT2D eigenvalue weighted by atomic mass is 35.5. The molecule has 2 aromatic rings. The number of amides is 1. The van der Waals surface area contributed by atoms with Gasteiger partial charge in [0.1, 0.15) is 12.3 Å². The zero-order valence-corrected chi connectivity index (χ0v) is 13.5. The first kappa shape index (κ1) is 16.3. The molecule has 0 saturated heterocycles. The minimum absolute atomic E-state index is 0.0564. The van der Waals surface area contributed by atoms with Crippen molar-refractivity contribution in [1.82, 2.24) is 0 Å². The molecule has 0 saturated carbocycles. The molecule has 0 aliphatic rings. The van der Waals surface area contributed by atoms with Gasteiger partial charge in [0.25, 0.3) is 5.91 Å². The van der Waals surface area contributed by atoms with E-state index in [4.69, 9.17) is 16.3 Å². The number of para-hydroxylation sites is 1. The number of quaternary nitrogens is 1. The molecule has 0 heterocycles. The van der Waals surface area contributed by atoms with Gasteiger partial charge in [-0.25, -0.2) is 0 Å². The van der Waals surface area contributed by atoms with Gasteiger partial charge in [-0.05, 0) is 36.4 Å². The Kier molecular flexibility index (Phi) is 5.81. The van der Waals surface area contributed by atoms with Gasteiger partial charge in [0.2, 0.25) is 0 Å². The number of hydrogen-bond donors (Lipinski definition) is 2. The molecule has 1 amide bonds. The third-order valence-electron chi connectivity index (χ3n) is 3.28. The van der Waals surface area contributed by atoms with Gasteiger partial charge >= 0.3 is 0 Å². The molecule has 0 aromatic heterocycles. The van der Waals surface area contributed by atoms with Crippen LogP contribution in [0.3, 0.4) is 0 Å². The van der Waals surface area contributed by atoms with Crippen molar-refractivity contribution in [3.8, 4) is 5.75 Å². The average Bonchev–Trinajstić information content (AvgIpc) is 2.50. The second-order valence-electron chi connectivity index (χ2n) is 5.19. The third kappa shape index (κ3) is 4.76. The fourth-order valence-electron chi connectivity index (χ4n) is 2.19. The summed E-state index contributed by atoms with van der Waals surface area (Å²) >= 11 is 6.03. The fraction of sp³-hybridized carbons (Fsp3) is 0.235. The lowest BCUT2D eigenvalue weighted by atomic mass is 10.2. The Morgan fingerprint density at radius 2 is 1.86 bits per heavy atom. The number of anilines is 1. The third-order valence-corrected chi connectivity index (χ3v) is 3.60. The number of methoxy groups -OCH3 is 1. The molecule has 116 valence electrons. The second-order valence-corrected chi connectivity index (χ2v) is 5.59. The first-order valence-electron chi connectivity index (χ1n) is 7.07. The highest BCUT2D eigenvalue weighted by molar-refractivity contribution is 6.33. The summed E-state index contributed by atoms with van der Waals surface area (Å²) in [5.74, 6) is 0.775. The lowest BCUT2D eigenvalue weighted by molar-refractivity contribution is -0.885. The molecule has 0 aliphatic carbocycles. The lowest BCUT2D eigenvalue weighted by Crippen LogP contribution is -3.08. The summed E-state index contributed by atoms with van der Waals surface area (Å²) in [5, 5.41) is 3.38. The Bertz CT molecular complexity index is 629. The SMILES string of the molecule is COc1ccc(C[NH+](C)CC(=O)Nc2ccccc2Cl)cc1. The number of likely N-dealkylation sites (N-methyl/N-ethyl adjacent to an activating group) is 1. The number of ether oxygens (including phenoxy) is 1. The van der Waals surface area contributed by atoms with Gasteiger partial charge in [-0.2, -0.15) is 0 Å². The van der Waals surface area contributed by atoms with Crippen LogP contribution in [0, 0.1) is 0 Å². The summed E-state index contributed by atoms with van der Waals surface area (Å²) in [7, 11) is 3.63. The van der Waals surface area contributed by atoms with Crippen molar-refractivity contribution in [3.63, 3.8) is 0 Å². The van der Waals surface area contributed by atoms with Crippen LogP contribution in [0.25, 0.3) is 0 Å². The largest absolute Gasteiger partial charge is 0.497 e. The Morgan fingerprint density at radius 1 is 1.18 bits per heavy atom. The van der Waals surface area contributed by atoms with Crippen molar-refractivity contribution in [1.29, 1.82) is 0 Å². The van der Waals surface area contributed by atoms with Crippen LogP contribution in [-0.4, -0.2) is 26.6 Å². The smallest absolute Gasteiger partial charge is 0.279 e. The molecule has 2 rings (SSSR count). The molecule has 0 bridgehead atoms. The fourth-order valence-corrected chi connectivity index (χ4v) is 2.37. The molecular weight excluding hydrogens is 300 g/mol. The van der Waals surface area contributed by atoms with Crippen LogP contribution in [0.15, 0.2) is 48.5 Å². The van der Waals surface area contributed by atoms with E-state index in [1.165, 1.54) is 0 Å². The van der Waals surface area contributed by atoms with Crippen LogP contribution in [0.5, 0.6) is 5.75 Å². The molecule has 0 aliphatic heterocycles. The van der Waals surface area contributed by atoms with Gasteiger partial charge in [-0.3, -0.25) is 4.79 Å². The summed E-state index contributed by atoms with van der Waals surface area (Å²) in [6.45, 7) is 1.14. The van der Waals surface area contributed by atoms with Crippen LogP contribution in [0.4, 0.5) is 5.69 Å². The molecule has 2 aromatic carbocycles. The van der Waals surface area contributed by atoms with Crippen molar-refractivity contribution in [2.45, 2.75) is 6.54 Å². The quantitative estimate of drug-likeness (QED) is 0.855. The van der Waals surface area contributed by atoms with Crippen LogP contribution in [0.2, 0.25) is 5.02 Å². The minimum Gasteiger partial charge on any atom is -0.497 e. The molecule has 0 spiro atoms. The molecule has 1 unspecified atom stereocenters. The second kappa shape index (κ2) is 7.82. The number of nitrogens with one attached hydrogen (secondary N) is 2. The standard InChI is InChI=1S/C17H19ClN2O2/c1-20(11-13-7-9-14(22-2)10-8-13)12-17(21)19-16-6-4-3-5-15(16)18/h3-10H,11-12H2,1-2H3,(H,19,21)/p+1. The van der Waals surface area contributed by atoms with Crippen molar-refractivity contribution in [3.05, 3.63) is 59.1 Å². The van der Waals surface area contributed by atoms with Crippen molar-refractivity contribution < 1.29 is 14.4 Å². The summed E-state index contributed by atoms with van der Waals surface area (Å²) in [5.41, 5.74) is 1.80. The Hall–Kier alpha value is -2.04. The van der Waals surface area contributed by atoms with Crippen LogP contribution in [-0.2, 0) is 11.3 Å². The Labute approximate surface area is 135 Å². The maximum absolute atomic E-state index is 12.1. The summed E-state index contributed by atoms with van der Waals surface area (Å²) in [6.07, 6.45) is 0. The zero-order valence-electron chi connectivity index (χ0n) is 12.7. The highest BCUT2D eigenvalue weighted by Crippen LogP contribution is 2.19. The lowest BCUT2D eigenvalue weighted by Gasteiger charge is -2.14. The van der Waals surface area contributed by atoms with E-state index >= 15 is 0 Å². The van der Waals surface area contributed by atoms with E-state index in [0.717, 1.165) is 22.8 Å². The van der Waals surface area contributed by atoms with Crippen LogP contribution >= 0.6 is 11.6 Å². The van der Waals surface area contributed by atoms with Gasteiger partial charge < -0.3 is 15.0 Å². The molecular formula is C17H20ClN2O2+. The summed E-state index contributed by atoms with van der Waals surface area (Å²) in [4.78, 5) is 13.1. The molecule has 5 heteroatoms. The van der Waals surface area contributed by atoms with E-state index in [0.29, 0.717) is 17.3 Å². The number of carbonyl (C=O) groups is 1. The maximum Gasteiger partial charge on any atom is 0.279 e. The monoisotopic (exact) mass is 319 g/mol. The predicted octanol–water partition coefficient (Wildman–Crippen LogP) is 2.00. The molecule has 2 N–H and O–H groups in total. The zero-order chi connectivity index (χ0) is 15.9. The summed E-state index contributed by atoms with van der Waals surface area (Å²) in [6, 6.07) is 15.1. The van der Waals surface area contributed by atoms with E-state index in [1.807, 2.05) is 43.4 Å². The minimum atomic E-state index is -0.0564. The van der Waals surface area contributed by atoms with Gasteiger partial charge in [0.15, 0.2) is 6.54 Å². The van der Waals surface area contributed by atoms with E-state index < -0.39 is 0 Å². The molecule has 22 heavy (non-hydrogen) atoms. The number of carbonyl (C=O) groups excluding carboxylic acids is 1. The van der Waals surface area contributed by atoms with Gasteiger partial charge in [0.05, 0.1) is 24.9 Å². The van der Waals surface area contributed by atoms with E-state index in [1.54, 1.807) is 19.2 Å².